The highest BCUT2D eigenvalue weighted by Gasteiger charge is 2.09. The molecule has 1 aliphatic rings. The fourth-order valence-electron chi connectivity index (χ4n) is 2.03. The Hall–Kier alpha value is -2.20. The lowest BCUT2D eigenvalue weighted by molar-refractivity contribution is 0.627. The highest BCUT2D eigenvalue weighted by Crippen LogP contribution is 2.22. The van der Waals surface area contributed by atoms with Gasteiger partial charge in [-0.3, -0.25) is 0 Å². The average Bonchev–Trinajstić information content (AvgIpc) is 2.59. The number of benzene rings is 1. The molecule has 0 atom stereocenters. The molecule has 0 spiro atoms. The van der Waals surface area contributed by atoms with Crippen molar-refractivity contribution in [2.45, 2.75) is 27.2 Å². The summed E-state index contributed by atoms with van der Waals surface area (Å²) in [5.74, 6) is 6.43. The molecule has 1 aromatic rings. The minimum atomic E-state index is 0.0938. The maximum Gasteiger partial charge on any atom is 0.0347 e. The molecule has 2 N–H and O–H groups in total. The van der Waals surface area contributed by atoms with Gasteiger partial charge in [0.1, 0.15) is 0 Å². The van der Waals surface area contributed by atoms with E-state index < -0.39 is 0 Å². The van der Waals surface area contributed by atoms with Gasteiger partial charge < -0.3 is 5.73 Å². The number of rotatable bonds is 1. The molecule has 1 aliphatic carbocycles. The Morgan fingerprint density at radius 2 is 1.95 bits per heavy atom. The smallest absolute Gasteiger partial charge is 0.0347 e. The zero-order valence-corrected chi connectivity index (χ0v) is 12.4. The van der Waals surface area contributed by atoms with Gasteiger partial charge >= 0.3 is 0 Å². The van der Waals surface area contributed by atoms with Crippen LogP contribution < -0.4 is 5.73 Å². The zero-order chi connectivity index (χ0) is 14.6. The first-order valence-electron chi connectivity index (χ1n) is 6.99. The highest BCUT2D eigenvalue weighted by molar-refractivity contribution is 5.54. The maximum atomic E-state index is 5.91. The molecule has 0 saturated carbocycles. The zero-order valence-electron chi connectivity index (χ0n) is 12.4. The first-order valence-corrected chi connectivity index (χ1v) is 6.99. The number of nitrogens with two attached hydrogens (primary N) is 1. The van der Waals surface area contributed by atoms with E-state index in [1.54, 1.807) is 0 Å². The van der Waals surface area contributed by atoms with Crippen LogP contribution in [-0.4, -0.2) is 0 Å². The van der Waals surface area contributed by atoms with E-state index in [0.717, 1.165) is 28.8 Å². The van der Waals surface area contributed by atoms with Crippen molar-refractivity contribution in [2.24, 2.45) is 5.41 Å². The van der Waals surface area contributed by atoms with Crippen LogP contribution in [0.1, 0.15) is 31.9 Å². The first-order chi connectivity index (χ1) is 9.50. The lowest BCUT2D eigenvalue weighted by atomic mass is 9.93. The van der Waals surface area contributed by atoms with E-state index in [2.05, 4.69) is 69.1 Å². The third-order valence-electron chi connectivity index (χ3n) is 3.37. The minimum Gasteiger partial charge on any atom is -0.399 e. The van der Waals surface area contributed by atoms with Crippen LogP contribution in [0.25, 0.3) is 0 Å². The summed E-state index contributed by atoms with van der Waals surface area (Å²) in [5.41, 5.74) is 10.0. The summed E-state index contributed by atoms with van der Waals surface area (Å²) in [4.78, 5) is 0. The fraction of sp³-hybridized carbons (Fsp3) is 0.263. The van der Waals surface area contributed by atoms with Crippen molar-refractivity contribution in [1.82, 2.24) is 0 Å². The Balaban J connectivity index is 2.24. The summed E-state index contributed by atoms with van der Waals surface area (Å²) in [7, 11) is 0. The molecule has 0 radical (unpaired) electrons. The number of allylic oxidation sites excluding steroid dienone is 6. The van der Waals surface area contributed by atoms with Crippen LogP contribution in [0.4, 0.5) is 5.69 Å². The number of nitrogen functional groups attached to an aromatic ring is 1. The number of aryl methyl sites for hydroxylation is 1. The lowest BCUT2D eigenvalue weighted by Crippen LogP contribution is -2.00. The van der Waals surface area contributed by atoms with E-state index in [4.69, 9.17) is 5.73 Å². The van der Waals surface area contributed by atoms with Gasteiger partial charge in [0.15, 0.2) is 0 Å². The molecule has 0 fully saturated rings. The van der Waals surface area contributed by atoms with Crippen LogP contribution in [0.3, 0.4) is 0 Å². The normalized spacial score (nSPS) is 16.1. The second-order valence-corrected chi connectivity index (χ2v) is 5.65. The Morgan fingerprint density at radius 3 is 2.70 bits per heavy atom. The molecule has 1 aromatic carbocycles. The van der Waals surface area contributed by atoms with Gasteiger partial charge in [-0.25, -0.2) is 0 Å². The molecule has 2 rings (SSSR count). The second-order valence-electron chi connectivity index (χ2n) is 5.65. The van der Waals surface area contributed by atoms with E-state index >= 15 is 0 Å². The second kappa shape index (κ2) is 5.84. The summed E-state index contributed by atoms with van der Waals surface area (Å²) in [6.45, 7) is 6.46. The van der Waals surface area contributed by atoms with Gasteiger partial charge in [0.25, 0.3) is 0 Å². The van der Waals surface area contributed by atoms with Gasteiger partial charge in [-0.2, -0.15) is 0 Å². The third kappa shape index (κ3) is 3.65. The van der Waals surface area contributed by atoms with Crippen LogP contribution in [0.15, 0.2) is 54.2 Å². The fourth-order valence-corrected chi connectivity index (χ4v) is 2.03. The minimum absolute atomic E-state index is 0.0938. The van der Waals surface area contributed by atoms with Crippen molar-refractivity contribution >= 4 is 5.69 Å². The molecule has 0 amide bonds. The summed E-state index contributed by atoms with van der Waals surface area (Å²) in [6, 6.07) is 5.98. The quantitative estimate of drug-likeness (QED) is 0.594. The van der Waals surface area contributed by atoms with Crippen molar-refractivity contribution in [1.29, 1.82) is 0 Å². The molecule has 1 nitrogen and oxygen atoms in total. The van der Waals surface area contributed by atoms with E-state index in [0.29, 0.717) is 0 Å². The largest absolute Gasteiger partial charge is 0.399 e. The number of anilines is 1. The monoisotopic (exact) mass is 263 g/mol. The summed E-state index contributed by atoms with van der Waals surface area (Å²) < 4.78 is 0. The van der Waals surface area contributed by atoms with E-state index in [-0.39, 0.29) is 5.41 Å². The standard InChI is InChI=1S/C19H21N/c1-4-17-14-16(9-10-18(17)20)8-7-15-6-5-12-19(2,3)13-11-15/h5-6,9-14H,4,20H2,1-3H3. The van der Waals surface area contributed by atoms with Crippen LogP contribution in [0.5, 0.6) is 0 Å². The van der Waals surface area contributed by atoms with Gasteiger partial charge in [-0.05, 0) is 42.3 Å². The van der Waals surface area contributed by atoms with Gasteiger partial charge in [-0.1, -0.05) is 50.8 Å². The van der Waals surface area contributed by atoms with E-state index in [1.165, 1.54) is 0 Å². The summed E-state index contributed by atoms with van der Waals surface area (Å²) >= 11 is 0. The molecular weight excluding hydrogens is 242 g/mol. The van der Waals surface area contributed by atoms with Crippen LogP contribution in [-0.2, 0) is 6.42 Å². The molecule has 20 heavy (non-hydrogen) atoms. The number of hydrogen-bond acceptors (Lipinski definition) is 1. The van der Waals surface area contributed by atoms with Crippen LogP contribution in [0.2, 0.25) is 0 Å². The topological polar surface area (TPSA) is 26.0 Å². The molecule has 0 unspecified atom stereocenters. The summed E-state index contributed by atoms with van der Waals surface area (Å²) in [6.07, 6.45) is 11.5. The van der Waals surface area contributed by atoms with E-state index in [9.17, 15) is 0 Å². The molecule has 0 bridgehead atoms. The predicted molar refractivity (Wildman–Crippen MR) is 87.3 cm³/mol. The van der Waals surface area contributed by atoms with Gasteiger partial charge in [-0.15, -0.1) is 0 Å². The Labute approximate surface area is 121 Å². The van der Waals surface area contributed by atoms with Crippen LogP contribution in [0, 0.1) is 17.3 Å². The van der Waals surface area contributed by atoms with Gasteiger partial charge in [0.2, 0.25) is 0 Å². The van der Waals surface area contributed by atoms with Crippen LogP contribution >= 0.6 is 0 Å². The van der Waals surface area contributed by atoms with E-state index in [1.807, 2.05) is 12.1 Å². The van der Waals surface area contributed by atoms with Gasteiger partial charge in [0, 0.05) is 22.2 Å². The van der Waals surface area contributed by atoms with Crippen molar-refractivity contribution in [3.8, 4) is 11.8 Å². The molecular formula is C19H21N. The lowest BCUT2D eigenvalue weighted by Gasteiger charge is -2.12. The van der Waals surface area contributed by atoms with Crippen molar-refractivity contribution in [3.63, 3.8) is 0 Å². The SMILES string of the molecule is CCc1cc(C#CC2=CC=CC(C)(C)C=C2)ccc1N. The average molecular weight is 263 g/mol. The molecule has 102 valence electrons. The maximum absolute atomic E-state index is 5.91. The third-order valence-corrected chi connectivity index (χ3v) is 3.37. The number of hydrogen-bond donors (Lipinski definition) is 1. The first kappa shape index (κ1) is 14.2. The summed E-state index contributed by atoms with van der Waals surface area (Å²) in [5, 5.41) is 0. The Bertz CT molecular complexity index is 646. The highest BCUT2D eigenvalue weighted by atomic mass is 14.6. The predicted octanol–water partition coefficient (Wildman–Crippen LogP) is 4.26. The van der Waals surface area contributed by atoms with Gasteiger partial charge in [0.05, 0.1) is 0 Å². The molecule has 0 aliphatic heterocycles. The Kier molecular flexibility index (Phi) is 4.15. The van der Waals surface area contributed by atoms with Crippen molar-refractivity contribution < 1.29 is 0 Å². The van der Waals surface area contributed by atoms with Crippen molar-refractivity contribution in [3.05, 3.63) is 65.3 Å². The molecule has 1 heteroatoms. The molecule has 0 saturated heterocycles. The van der Waals surface area contributed by atoms with Crippen molar-refractivity contribution in [2.75, 3.05) is 5.73 Å². The Morgan fingerprint density at radius 1 is 1.15 bits per heavy atom. The molecule has 0 aromatic heterocycles. The molecule has 0 heterocycles.